The number of halogens is 5. The van der Waals surface area contributed by atoms with Crippen molar-refractivity contribution in [1.29, 1.82) is 0 Å². The Morgan fingerprint density at radius 3 is 2.45 bits per heavy atom. The summed E-state index contributed by atoms with van der Waals surface area (Å²) in [5.41, 5.74) is 0.386. The van der Waals surface area contributed by atoms with Gasteiger partial charge in [0.25, 0.3) is 5.91 Å². The van der Waals surface area contributed by atoms with Gasteiger partial charge in [0.15, 0.2) is 17.0 Å². The predicted molar refractivity (Wildman–Crippen MR) is 140 cm³/mol. The molecule has 0 spiro atoms. The maximum Gasteiger partial charge on any atom is 0.433 e. The highest BCUT2D eigenvalue weighted by Gasteiger charge is 2.36. The van der Waals surface area contributed by atoms with E-state index in [2.05, 4.69) is 20.5 Å². The molecule has 1 amide bonds. The van der Waals surface area contributed by atoms with Gasteiger partial charge < -0.3 is 10.1 Å². The Balaban J connectivity index is 1.48. The lowest BCUT2D eigenvalue weighted by atomic mass is 10.1. The molecule has 5 aromatic rings. The first-order valence-corrected chi connectivity index (χ1v) is 12.2. The maximum atomic E-state index is 14.3. The van der Waals surface area contributed by atoms with E-state index in [1.165, 1.54) is 30.0 Å². The van der Waals surface area contributed by atoms with Crippen molar-refractivity contribution in [1.82, 2.24) is 24.4 Å². The van der Waals surface area contributed by atoms with Gasteiger partial charge in [-0.25, -0.2) is 13.9 Å². The second-order valence-corrected chi connectivity index (χ2v) is 9.32. The first-order chi connectivity index (χ1) is 19.0. The number of alkyl halides is 3. The van der Waals surface area contributed by atoms with Crippen molar-refractivity contribution in [3.8, 4) is 17.0 Å². The summed E-state index contributed by atoms with van der Waals surface area (Å²) in [5, 5.41) is 11.2. The van der Waals surface area contributed by atoms with Gasteiger partial charge in [-0.15, -0.1) is 0 Å². The van der Waals surface area contributed by atoms with E-state index in [1.54, 1.807) is 44.2 Å². The van der Waals surface area contributed by atoms with Crippen molar-refractivity contribution < 1.29 is 27.1 Å². The average Bonchev–Trinajstić information content (AvgIpc) is 3.46. The molecule has 3 aromatic heterocycles. The molecule has 5 rings (SSSR count). The standard InChI is InChI=1S/C27H21ClF4N6O2/c1-14-25(15(2)37(35-14)13-18-19(28)5-4-6-20(18)29)34-26(39)22-12-24-33-21(16-7-9-17(40-3)10-8-16)11-23(27(30,31)32)38(24)36-22/h4-12H,13H2,1-3H3,(H,34,39). The summed E-state index contributed by atoms with van der Waals surface area (Å²) in [6.07, 6.45) is -4.77. The van der Waals surface area contributed by atoms with Crippen LogP contribution in [0.3, 0.4) is 0 Å². The number of benzene rings is 2. The minimum absolute atomic E-state index is 0.00934. The van der Waals surface area contributed by atoms with Gasteiger partial charge in [0, 0.05) is 22.2 Å². The number of nitrogens with zero attached hydrogens (tertiary/aromatic N) is 5. The number of fused-ring (bicyclic) bond motifs is 1. The van der Waals surface area contributed by atoms with E-state index in [-0.39, 0.29) is 34.2 Å². The molecule has 206 valence electrons. The van der Waals surface area contributed by atoms with Gasteiger partial charge in [0.1, 0.15) is 11.6 Å². The van der Waals surface area contributed by atoms with Gasteiger partial charge >= 0.3 is 6.18 Å². The van der Waals surface area contributed by atoms with Crippen LogP contribution in [0.25, 0.3) is 16.9 Å². The number of rotatable bonds is 6. The first-order valence-electron chi connectivity index (χ1n) is 11.9. The number of carbonyl (C=O) groups excluding carboxylic acids is 1. The molecule has 8 nitrogen and oxygen atoms in total. The Kier molecular flexibility index (Phi) is 6.96. The Morgan fingerprint density at radius 2 is 1.80 bits per heavy atom. The molecule has 0 fully saturated rings. The predicted octanol–water partition coefficient (Wildman–Crippen LogP) is 6.33. The fraction of sp³-hybridized carbons (Fsp3) is 0.185. The summed E-state index contributed by atoms with van der Waals surface area (Å²) in [6.45, 7) is 3.31. The summed E-state index contributed by atoms with van der Waals surface area (Å²) in [7, 11) is 1.48. The lowest BCUT2D eigenvalue weighted by molar-refractivity contribution is -0.142. The molecule has 13 heteroatoms. The molecule has 0 bridgehead atoms. The van der Waals surface area contributed by atoms with Crippen LogP contribution >= 0.6 is 11.6 Å². The zero-order valence-corrected chi connectivity index (χ0v) is 22.1. The van der Waals surface area contributed by atoms with Crippen LogP contribution in [0.1, 0.15) is 33.1 Å². The first kappa shape index (κ1) is 27.1. The normalized spacial score (nSPS) is 11.7. The highest BCUT2D eigenvalue weighted by Crippen LogP contribution is 2.33. The Hall–Kier alpha value is -4.45. The number of ether oxygens (including phenoxy) is 1. The Labute approximate surface area is 230 Å². The van der Waals surface area contributed by atoms with E-state index in [0.717, 1.165) is 6.07 Å². The highest BCUT2D eigenvalue weighted by molar-refractivity contribution is 6.31. The summed E-state index contributed by atoms with van der Waals surface area (Å²) < 4.78 is 63.4. The molecular formula is C27H21ClF4N6O2. The lowest BCUT2D eigenvalue weighted by Crippen LogP contribution is -2.16. The minimum atomic E-state index is -4.77. The molecule has 0 aliphatic heterocycles. The van der Waals surface area contributed by atoms with Gasteiger partial charge in [-0.1, -0.05) is 17.7 Å². The van der Waals surface area contributed by atoms with Crippen molar-refractivity contribution in [2.45, 2.75) is 26.6 Å². The molecule has 3 heterocycles. The zero-order valence-electron chi connectivity index (χ0n) is 21.3. The molecule has 0 saturated heterocycles. The van der Waals surface area contributed by atoms with Crippen LogP contribution in [0.15, 0.2) is 54.6 Å². The summed E-state index contributed by atoms with van der Waals surface area (Å²) >= 11 is 6.14. The van der Waals surface area contributed by atoms with Crippen LogP contribution in [-0.4, -0.2) is 37.4 Å². The molecule has 2 aromatic carbocycles. The topological polar surface area (TPSA) is 86.3 Å². The number of amides is 1. The quantitative estimate of drug-likeness (QED) is 0.240. The summed E-state index contributed by atoms with van der Waals surface area (Å²) in [5.74, 6) is -0.730. The van der Waals surface area contributed by atoms with Crippen LogP contribution in [0.2, 0.25) is 5.02 Å². The van der Waals surface area contributed by atoms with Crippen molar-refractivity contribution in [2.75, 3.05) is 12.4 Å². The fourth-order valence-corrected chi connectivity index (χ4v) is 4.46. The van der Waals surface area contributed by atoms with Crippen molar-refractivity contribution in [3.05, 3.63) is 93.8 Å². The van der Waals surface area contributed by atoms with E-state index < -0.39 is 23.6 Å². The zero-order chi connectivity index (χ0) is 28.8. The third-order valence-corrected chi connectivity index (χ3v) is 6.68. The number of anilines is 1. The number of hydrogen-bond acceptors (Lipinski definition) is 5. The summed E-state index contributed by atoms with van der Waals surface area (Å²) in [4.78, 5) is 17.4. The molecule has 40 heavy (non-hydrogen) atoms. The third kappa shape index (κ3) is 5.09. The van der Waals surface area contributed by atoms with Crippen molar-refractivity contribution in [2.24, 2.45) is 0 Å². The number of nitrogens with one attached hydrogen (secondary N) is 1. The second kappa shape index (κ2) is 10.3. The molecule has 0 unspecified atom stereocenters. The Bertz CT molecular complexity index is 1720. The van der Waals surface area contributed by atoms with E-state index in [0.29, 0.717) is 32.9 Å². The second-order valence-electron chi connectivity index (χ2n) is 8.91. The monoisotopic (exact) mass is 572 g/mol. The number of carbonyl (C=O) groups is 1. The van der Waals surface area contributed by atoms with Gasteiger partial charge in [-0.3, -0.25) is 9.48 Å². The number of aryl methyl sites for hydroxylation is 1. The minimum Gasteiger partial charge on any atom is -0.497 e. The molecule has 0 saturated carbocycles. The number of aromatic nitrogens is 5. The summed E-state index contributed by atoms with van der Waals surface area (Å²) in [6, 6.07) is 12.7. The SMILES string of the molecule is COc1ccc(-c2cc(C(F)(F)F)n3nc(C(=O)Nc4c(C)nn(Cc5c(F)cccc5Cl)c4C)cc3n2)cc1. The molecule has 0 atom stereocenters. The fourth-order valence-electron chi connectivity index (χ4n) is 4.24. The number of hydrogen-bond donors (Lipinski definition) is 1. The highest BCUT2D eigenvalue weighted by atomic mass is 35.5. The van der Waals surface area contributed by atoms with E-state index >= 15 is 0 Å². The average molecular weight is 573 g/mol. The van der Waals surface area contributed by atoms with Crippen LogP contribution in [0.4, 0.5) is 23.2 Å². The van der Waals surface area contributed by atoms with E-state index in [4.69, 9.17) is 16.3 Å². The largest absolute Gasteiger partial charge is 0.497 e. The molecule has 0 aliphatic carbocycles. The van der Waals surface area contributed by atoms with Gasteiger partial charge in [0.05, 0.1) is 36.4 Å². The van der Waals surface area contributed by atoms with Crippen LogP contribution < -0.4 is 10.1 Å². The van der Waals surface area contributed by atoms with Crippen LogP contribution in [-0.2, 0) is 12.7 Å². The maximum absolute atomic E-state index is 14.3. The van der Waals surface area contributed by atoms with Gasteiger partial charge in [-0.05, 0) is 56.3 Å². The smallest absolute Gasteiger partial charge is 0.433 e. The lowest BCUT2D eigenvalue weighted by Gasteiger charge is -2.11. The van der Waals surface area contributed by atoms with Crippen molar-refractivity contribution in [3.63, 3.8) is 0 Å². The third-order valence-electron chi connectivity index (χ3n) is 6.33. The molecule has 0 radical (unpaired) electrons. The van der Waals surface area contributed by atoms with E-state index in [1.807, 2.05) is 0 Å². The van der Waals surface area contributed by atoms with Crippen molar-refractivity contribution >= 4 is 28.8 Å². The van der Waals surface area contributed by atoms with Crippen LogP contribution in [0.5, 0.6) is 5.75 Å². The molecular weight excluding hydrogens is 552 g/mol. The Morgan fingerprint density at radius 1 is 1.07 bits per heavy atom. The van der Waals surface area contributed by atoms with Gasteiger partial charge in [0.2, 0.25) is 0 Å². The molecule has 1 N–H and O–H groups in total. The van der Waals surface area contributed by atoms with E-state index in [9.17, 15) is 22.4 Å². The molecule has 0 aliphatic rings. The number of methoxy groups -OCH3 is 1. The van der Waals surface area contributed by atoms with Crippen LogP contribution in [0, 0.1) is 19.7 Å². The van der Waals surface area contributed by atoms with Gasteiger partial charge in [-0.2, -0.15) is 23.4 Å².